The lowest BCUT2D eigenvalue weighted by Crippen LogP contribution is -2.03. The first-order chi connectivity index (χ1) is 7.78. The Bertz CT molecular complexity index is 319. The highest BCUT2D eigenvalue weighted by Gasteiger charge is 2.20. The zero-order chi connectivity index (χ0) is 12.0. The summed E-state index contributed by atoms with van der Waals surface area (Å²) in [4.78, 5) is 0. The Labute approximate surface area is 98.1 Å². The molecule has 1 N–H and O–H groups in total. The minimum Gasteiger partial charge on any atom is -0.385 e. The Morgan fingerprint density at radius 1 is 1.25 bits per heavy atom. The number of hydrogen-bond acceptors (Lipinski definition) is 1. The molecule has 0 heterocycles. The van der Waals surface area contributed by atoms with Gasteiger partial charge in [0.1, 0.15) is 5.82 Å². The van der Waals surface area contributed by atoms with Crippen molar-refractivity contribution in [2.75, 3.05) is 11.9 Å². The molecule has 0 amide bonds. The van der Waals surface area contributed by atoms with E-state index in [4.69, 9.17) is 0 Å². The lowest BCUT2D eigenvalue weighted by molar-refractivity contribution is 0.626. The van der Waals surface area contributed by atoms with E-state index in [0.717, 1.165) is 30.1 Å². The second-order valence-electron chi connectivity index (χ2n) is 4.03. The van der Waals surface area contributed by atoms with Crippen molar-refractivity contribution in [2.24, 2.45) is 5.92 Å². The molecular formula is C14H22FN. The highest BCUT2D eigenvalue weighted by Crippen LogP contribution is 2.29. The van der Waals surface area contributed by atoms with Crippen LogP contribution in [0, 0.1) is 11.7 Å². The predicted octanol–water partition coefficient (Wildman–Crippen LogP) is 4.24. The van der Waals surface area contributed by atoms with E-state index in [1.54, 1.807) is 12.1 Å². The van der Waals surface area contributed by atoms with Crippen molar-refractivity contribution in [1.82, 2.24) is 0 Å². The van der Waals surface area contributed by atoms with Crippen molar-refractivity contribution in [3.63, 3.8) is 0 Å². The highest BCUT2D eigenvalue weighted by molar-refractivity contribution is 5.46. The summed E-state index contributed by atoms with van der Waals surface area (Å²) < 4.78 is 13.1. The maximum atomic E-state index is 13.1. The van der Waals surface area contributed by atoms with E-state index in [1.807, 2.05) is 26.8 Å². The number of nitrogens with one attached hydrogen (secondary N) is 1. The van der Waals surface area contributed by atoms with Crippen molar-refractivity contribution >= 4 is 5.69 Å². The number of aryl methyl sites for hydroxylation is 1. The molecule has 1 aliphatic carbocycles. The molecule has 0 aliphatic heterocycles. The van der Waals surface area contributed by atoms with Gasteiger partial charge in [-0.1, -0.05) is 20.8 Å². The summed E-state index contributed by atoms with van der Waals surface area (Å²) in [5, 5.41) is 3.28. The summed E-state index contributed by atoms with van der Waals surface area (Å²) in [7, 11) is 0. The Balaban J connectivity index is 0.000000606. The first-order valence-corrected chi connectivity index (χ1v) is 6.31. The first-order valence-electron chi connectivity index (χ1n) is 6.31. The van der Waals surface area contributed by atoms with Crippen molar-refractivity contribution in [1.29, 1.82) is 0 Å². The van der Waals surface area contributed by atoms with E-state index in [1.165, 1.54) is 12.8 Å². The van der Waals surface area contributed by atoms with Crippen LogP contribution in [-0.2, 0) is 6.42 Å². The summed E-state index contributed by atoms with van der Waals surface area (Å²) in [6, 6.07) is 5.20. The fourth-order valence-corrected chi connectivity index (χ4v) is 1.54. The van der Waals surface area contributed by atoms with E-state index in [0.29, 0.717) is 0 Å². The Morgan fingerprint density at radius 2 is 1.94 bits per heavy atom. The van der Waals surface area contributed by atoms with Crippen molar-refractivity contribution in [3.8, 4) is 0 Å². The van der Waals surface area contributed by atoms with E-state index in [2.05, 4.69) is 5.32 Å². The average Bonchev–Trinajstić information content (AvgIpc) is 3.12. The topological polar surface area (TPSA) is 12.0 Å². The maximum absolute atomic E-state index is 13.1. The molecule has 1 aromatic carbocycles. The van der Waals surface area contributed by atoms with Gasteiger partial charge in [0, 0.05) is 12.2 Å². The van der Waals surface area contributed by atoms with Gasteiger partial charge in [-0.25, -0.2) is 4.39 Å². The van der Waals surface area contributed by atoms with Gasteiger partial charge in [-0.2, -0.15) is 0 Å². The highest BCUT2D eigenvalue weighted by atomic mass is 19.1. The van der Waals surface area contributed by atoms with Crippen LogP contribution in [0.5, 0.6) is 0 Å². The number of benzene rings is 1. The molecule has 0 spiro atoms. The van der Waals surface area contributed by atoms with E-state index < -0.39 is 0 Å². The molecule has 0 unspecified atom stereocenters. The molecule has 0 radical (unpaired) electrons. The van der Waals surface area contributed by atoms with Gasteiger partial charge < -0.3 is 5.32 Å². The SMILES string of the molecule is CC.CCc1cc(F)cc(NCC2CC2)c1. The second-order valence-corrected chi connectivity index (χ2v) is 4.03. The summed E-state index contributed by atoms with van der Waals surface area (Å²) in [5.74, 6) is 0.686. The maximum Gasteiger partial charge on any atom is 0.125 e. The molecular weight excluding hydrogens is 201 g/mol. The molecule has 1 aromatic rings. The molecule has 1 aliphatic rings. The minimum absolute atomic E-state index is 0.136. The van der Waals surface area contributed by atoms with Gasteiger partial charge in [-0.15, -0.1) is 0 Å². The molecule has 90 valence electrons. The Hall–Kier alpha value is -1.05. The molecule has 0 atom stereocenters. The fourth-order valence-electron chi connectivity index (χ4n) is 1.54. The molecule has 2 rings (SSSR count). The van der Waals surface area contributed by atoms with Gasteiger partial charge in [-0.3, -0.25) is 0 Å². The predicted molar refractivity (Wildman–Crippen MR) is 68.3 cm³/mol. The average molecular weight is 223 g/mol. The number of hydrogen-bond donors (Lipinski definition) is 1. The zero-order valence-corrected chi connectivity index (χ0v) is 10.5. The smallest absolute Gasteiger partial charge is 0.125 e. The monoisotopic (exact) mass is 223 g/mol. The molecule has 0 aromatic heterocycles. The third-order valence-corrected chi connectivity index (χ3v) is 2.66. The zero-order valence-electron chi connectivity index (χ0n) is 10.5. The molecule has 1 fully saturated rings. The second kappa shape index (κ2) is 6.51. The van der Waals surface area contributed by atoms with Gasteiger partial charge in [-0.05, 0) is 48.9 Å². The summed E-state index contributed by atoms with van der Waals surface area (Å²) in [6.45, 7) is 7.03. The number of halogens is 1. The van der Waals surface area contributed by atoms with Gasteiger partial charge in [0.25, 0.3) is 0 Å². The quantitative estimate of drug-likeness (QED) is 0.805. The van der Waals surface area contributed by atoms with E-state index >= 15 is 0 Å². The van der Waals surface area contributed by atoms with Crippen LogP contribution in [-0.4, -0.2) is 6.54 Å². The van der Waals surface area contributed by atoms with Gasteiger partial charge in [0.2, 0.25) is 0 Å². The van der Waals surface area contributed by atoms with E-state index in [-0.39, 0.29) is 5.82 Å². The standard InChI is InChI=1S/C12H16FN.C2H6/c1-2-9-5-11(13)7-12(6-9)14-8-10-3-4-10;1-2/h5-7,10,14H,2-4,8H2,1H3;1-2H3. The molecule has 0 saturated heterocycles. The fraction of sp³-hybridized carbons (Fsp3) is 0.571. The summed E-state index contributed by atoms with van der Waals surface area (Å²) >= 11 is 0. The van der Waals surface area contributed by atoms with Gasteiger partial charge in [0.15, 0.2) is 0 Å². The Kier molecular flexibility index (Phi) is 5.30. The van der Waals surface area contributed by atoms with Crippen LogP contribution in [0.1, 0.15) is 39.2 Å². The van der Waals surface area contributed by atoms with Crippen LogP contribution in [0.3, 0.4) is 0 Å². The van der Waals surface area contributed by atoms with Crippen LogP contribution in [0.4, 0.5) is 10.1 Å². The lowest BCUT2D eigenvalue weighted by Gasteiger charge is -2.07. The van der Waals surface area contributed by atoms with E-state index in [9.17, 15) is 4.39 Å². The number of anilines is 1. The van der Waals surface area contributed by atoms with Crippen LogP contribution in [0.25, 0.3) is 0 Å². The van der Waals surface area contributed by atoms with Gasteiger partial charge in [0.05, 0.1) is 0 Å². The largest absolute Gasteiger partial charge is 0.385 e. The molecule has 1 saturated carbocycles. The van der Waals surface area contributed by atoms with Crippen LogP contribution in [0.15, 0.2) is 18.2 Å². The van der Waals surface area contributed by atoms with Gasteiger partial charge >= 0.3 is 0 Å². The van der Waals surface area contributed by atoms with Crippen LogP contribution >= 0.6 is 0 Å². The summed E-state index contributed by atoms with van der Waals surface area (Å²) in [5.41, 5.74) is 1.98. The third-order valence-electron chi connectivity index (χ3n) is 2.66. The number of rotatable bonds is 4. The van der Waals surface area contributed by atoms with Crippen molar-refractivity contribution < 1.29 is 4.39 Å². The molecule has 1 nitrogen and oxygen atoms in total. The summed E-state index contributed by atoms with van der Waals surface area (Å²) in [6.07, 6.45) is 3.53. The van der Waals surface area contributed by atoms with Crippen molar-refractivity contribution in [3.05, 3.63) is 29.6 Å². The normalized spacial score (nSPS) is 14.0. The Morgan fingerprint density at radius 3 is 2.50 bits per heavy atom. The third kappa shape index (κ3) is 4.21. The molecule has 16 heavy (non-hydrogen) atoms. The minimum atomic E-state index is -0.136. The molecule has 2 heteroatoms. The van der Waals surface area contributed by atoms with Crippen LogP contribution < -0.4 is 5.32 Å². The first kappa shape index (κ1) is 13.0. The van der Waals surface area contributed by atoms with Crippen molar-refractivity contribution in [2.45, 2.75) is 40.0 Å². The lowest BCUT2D eigenvalue weighted by atomic mass is 10.1. The molecule has 0 bridgehead atoms. The van der Waals surface area contributed by atoms with Crippen LogP contribution in [0.2, 0.25) is 0 Å².